The fraction of sp³-hybridized carbons (Fsp3) is 0.0714. The van der Waals surface area contributed by atoms with Gasteiger partial charge in [0.1, 0.15) is 0 Å². The molecule has 2 heterocycles. The molecule has 108 valence electrons. The fourth-order valence-electron chi connectivity index (χ4n) is 1.93. The van der Waals surface area contributed by atoms with E-state index in [0.29, 0.717) is 0 Å². The first-order valence-electron chi connectivity index (χ1n) is 6.17. The van der Waals surface area contributed by atoms with Crippen LogP contribution in [0.3, 0.4) is 0 Å². The Balaban J connectivity index is 1.70. The lowest BCUT2D eigenvalue weighted by Gasteiger charge is -2.06. The van der Waals surface area contributed by atoms with Gasteiger partial charge < -0.3 is 10.3 Å². The zero-order valence-electron chi connectivity index (χ0n) is 10.8. The average Bonchev–Trinajstić information content (AvgIpc) is 3.04. The van der Waals surface area contributed by atoms with Crippen LogP contribution >= 0.6 is 43.2 Å². The third-order valence-electron chi connectivity index (χ3n) is 2.96. The molecule has 0 aliphatic rings. The third kappa shape index (κ3) is 3.30. The molecule has 0 saturated heterocycles. The van der Waals surface area contributed by atoms with Gasteiger partial charge in [0.2, 0.25) is 0 Å². The first kappa shape index (κ1) is 14.6. The molecule has 1 aromatic carbocycles. The van der Waals surface area contributed by atoms with Crippen molar-refractivity contribution in [1.29, 1.82) is 0 Å². The number of aromatic amines is 1. The molecule has 0 bridgehead atoms. The minimum atomic E-state index is -0.135. The normalized spacial score (nSPS) is 10.8. The van der Waals surface area contributed by atoms with Crippen molar-refractivity contribution in [3.05, 3.63) is 66.3 Å². The zero-order chi connectivity index (χ0) is 14.8. The van der Waals surface area contributed by atoms with Crippen molar-refractivity contribution in [1.82, 2.24) is 9.55 Å². The van der Waals surface area contributed by atoms with E-state index in [1.807, 2.05) is 24.3 Å². The summed E-state index contributed by atoms with van der Waals surface area (Å²) in [4.78, 5) is 15.4. The molecule has 0 aliphatic heterocycles. The summed E-state index contributed by atoms with van der Waals surface area (Å²) in [6.07, 6.45) is 3.34. The van der Waals surface area contributed by atoms with Crippen LogP contribution in [0.5, 0.6) is 0 Å². The van der Waals surface area contributed by atoms with E-state index in [-0.39, 0.29) is 5.69 Å². The minimum Gasteiger partial charge on any atom is -0.380 e. The molecule has 2 aromatic heterocycles. The molecule has 0 aliphatic carbocycles. The maximum absolute atomic E-state index is 11.5. The van der Waals surface area contributed by atoms with Crippen LogP contribution in [-0.2, 0) is 6.54 Å². The Hall–Kier alpha value is -1.31. The number of nitrogens with one attached hydrogen (secondary N) is 2. The Labute approximate surface area is 142 Å². The fourth-order valence-corrected chi connectivity index (χ4v) is 4.05. The molecular formula is C14H11Br2N3OS. The Bertz CT molecular complexity index is 785. The molecule has 7 heteroatoms. The van der Waals surface area contributed by atoms with E-state index in [1.54, 1.807) is 28.3 Å². The van der Waals surface area contributed by atoms with Crippen LogP contribution in [0.25, 0.3) is 5.69 Å². The summed E-state index contributed by atoms with van der Waals surface area (Å²) in [6.45, 7) is 0.762. The molecule has 2 N–H and O–H groups in total. The van der Waals surface area contributed by atoms with Crippen molar-refractivity contribution >= 4 is 48.9 Å². The highest BCUT2D eigenvalue weighted by atomic mass is 79.9. The molecule has 0 atom stereocenters. The van der Waals surface area contributed by atoms with Crippen molar-refractivity contribution in [2.75, 3.05) is 5.32 Å². The predicted octanol–water partition coefficient (Wildman–Crippen LogP) is 4.36. The van der Waals surface area contributed by atoms with Crippen molar-refractivity contribution in [2.24, 2.45) is 0 Å². The number of anilines is 1. The van der Waals surface area contributed by atoms with E-state index in [0.717, 1.165) is 26.2 Å². The van der Waals surface area contributed by atoms with Gasteiger partial charge in [-0.15, -0.1) is 11.3 Å². The number of hydrogen-bond donors (Lipinski definition) is 2. The molecule has 0 unspecified atom stereocenters. The number of thiophene rings is 1. The van der Waals surface area contributed by atoms with Crippen LogP contribution in [0, 0.1) is 0 Å². The van der Waals surface area contributed by atoms with E-state index >= 15 is 0 Å². The van der Waals surface area contributed by atoms with Crippen molar-refractivity contribution in [3.63, 3.8) is 0 Å². The Morgan fingerprint density at radius 2 is 2.00 bits per heavy atom. The molecule has 3 aromatic rings. The van der Waals surface area contributed by atoms with Gasteiger partial charge in [0.15, 0.2) is 0 Å². The first-order valence-corrected chi connectivity index (χ1v) is 8.58. The summed E-state index contributed by atoms with van der Waals surface area (Å²) in [6, 6.07) is 9.85. The highest BCUT2D eigenvalue weighted by Crippen LogP contribution is 2.32. The average molecular weight is 429 g/mol. The lowest BCUT2D eigenvalue weighted by molar-refractivity contribution is 0.987. The standard InChI is InChI=1S/C14H11Br2N3OS/c15-12-7-11(21-13(12)16)8-18-9-1-3-10(4-2-9)19-6-5-17-14(19)20/h1-7,18H,8H2,(H,17,20). The van der Waals surface area contributed by atoms with Crippen LogP contribution in [0.2, 0.25) is 0 Å². The van der Waals surface area contributed by atoms with Gasteiger partial charge in [-0.1, -0.05) is 0 Å². The van der Waals surface area contributed by atoms with Crippen molar-refractivity contribution < 1.29 is 0 Å². The lowest BCUT2D eigenvalue weighted by Crippen LogP contribution is -2.13. The summed E-state index contributed by atoms with van der Waals surface area (Å²) < 4.78 is 3.74. The maximum Gasteiger partial charge on any atom is 0.330 e. The van der Waals surface area contributed by atoms with Gasteiger partial charge in [-0.25, -0.2) is 4.79 Å². The number of benzene rings is 1. The van der Waals surface area contributed by atoms with Crippen molar-refractivity contribution in [2.45, 2.75) is 6.54 Å². The first-order chi connectivity index (χ1) is 10.1. The van der Waals surface area contributed by atoms with Gasteiger partial charge in [0.05, 0.1) is 9.47 Å². The van der Waals surface area contributed by atoms with E-state index < -0.39 is 0 Å². The summed E-state index contributed by atoms with van der Waals surface area (Å²) in [7, 11) is 0. The second-order valence-electron chi connectivity index (χ2n) is 4.37. The second kappa shape index (κ2) is 6.21. The number of aromatic nitrogens is 2. The maximum atomic E-state index is 11.5. The van der Waals surface area contributed by atoms with Crippen LogP contribution < -0.4 is 11.0 Å². The summed E-state index contributed by atoms with van der Waals surface area (Å²) >= 11 is 8.66. The Morgan fingerprint density at radius 3 is 2.57 bits per heavy atom. The lowest BCUT2D eigenvalue weighted by atomic mass is 10.2. The smallest absolute Gasteiger partial charge is 0.330 e. The SMILES string of the molecule is O=c1[nH]ccn1-c1ccc(NCc2cc(Br)c(Br)s2)cc1. The number of imidazole rings is 1. The molecular weight excluding hydrogens is 418 g/mol. The van der Waals surface area contributed by atoms with Crippen LogP contribution in [0.15, 0.2) is 55.8 Å². The van der Waals surface area contributed by atoms with E-state index in [2.05, 4.69) is 48.2 Å². The van der Waals surface area contributed by atoms with Gasteiger partial charge in [-0.2, -0.15) is 0 Å². The van der Waals surface area contributed by atoms with Gasteiger partial charge in [0, 0.05) is 34.0 Å². The molecule has 4 nitrogen and oxygen atoms in total. The number of H-pyrrole nitrogens is 1. The molecule has 21 heavy (non-hydrogen) atoms. The van der Waals surface area contributed by atoms with Gasteiger partial charge >= 0.3 is 5.69 Å². The molecule has 0 spiro atoms. The van der Waals surface area contributed by atoms with Gasteiger partial charge in [0.25, 0.3) is 0 Å². The molecule has 0 saturated carbocycles. The Morgan fingerprint density at radius 1 is 1.24 bits per heavy atom. The number of rotatable bonds is 4. The van der Waals surface area contributed by atoms with E-state index in [9.17, 15) is 4.79 Å². The molecule has 0 amide bonds. The topological polar surface area (TPSA) is 49.8 Å². The zero-order valence-corrected chi connectivity index (χ0v) is 14.8. The quantitative estimate of drug-likeness (QED) is 0.648. The van der Waals surface area contributed by atoms with Gasteiger partial charge in [-0.05, 0) is 62.2 Å². The third-order valence-corrected chi connectivity index (χ3v) is 6.21. The minimum absolute atomic E-state index is 0.135. The van der Waals surface area contributed by atoms with Gasteiger partial charge in [-0.3, -0.25) is 4.57 Å². The predicted molar refractivity (Wildman–Crippen MR) is 93.4 cm³/mol. The van der Waals surface area contributed by atoms with E-state index in [1.165, 1.54) is 4.88 Å². The highest BCUT2D eigenvalue weighted by Gasteiger charge is 2.04. The molecule has 0 radical (unpaired) electrons. The number of halogens is 2. The summed E-state index contributed by atoms with van der Waals surface area (Å²) in [5.41, 5.74) is 1.72. The molecule has 0 fully saturated rings. The van der Waals surface area contributed by atoms with Crippen molar-refractivity contribution in [3.8, 4) is 5.69 Å². The number of hydrogen-bond acceptors (Lipinski definition) is 3. The highest BCUT2D eigenvalue weighted by molar-refractivity contribution is 9.13. The monoisotopic (exact) mass is 427 g/mol. The molecule has 3 rings (SSSR count). The van der Waals surface area contributed by atoms with Crippen LogP contribution in [0.4, 0.5) is 5.69 Å². The van der Waals surface area contributed by atoms with Crippen LogP contribution in [0.1, 0.15) is 4.88 Å². The summed E-state index contributed by atoms with van der Waals surface area (Å²) in [5.74, 6) is 0. The summed E-state index contributed by atoms with van der Waals surface area (Å²) in [5, 5.41) is 3.36. The number of nitrogens with zero attached hydrogens (tertiary/aromatic N) is 1. The largest absolute Gasteiger partial charge is 0.380 e. The van der Waals surface area contributed by atoms with Crippen LogP contribution in [-0.4, -0.2) is 9.55 Å². The van der Waals surface area contributed by atoms with E-state index in [4.69, 9.17) is 0 Å². The Kier molecular flexibility index (Phi) is 4.32. The second-order valence-corrected chi connectivity index (χ2v) is 7.68.